The topological polar surface area (TPSA) is 42.0 Å². The Kier molecular flexibility index (Phi) is 4.10. The van der Waals surface area contributed by atoms with Crippen LogP contribution in [0.1, 0.15) is 24.6 Å². The first-order valence-corrected chi connectivity index (χ1v) is 6.85. The lowest BCUT2D eigenvalue weighted by molar-refractivity contribution is -0.120. The molecule has 1 heterocycles. The van der Waals surface area contributed by atoms with Gasteiger partial charge >= 0.3 is 0 Å². The standard InChI is InChI=1S/C14H16N2OS/c1-3-13(17)15-8-11-9-18-14(16-11)12-7-5-4-6-10(12)2/h4-7,9H,3,8H2,1-2H3,(H,15,17). The lowest BCUT2D eigenvalue weighted by Gasteiger charge is -2.01. The molecule has 0 saturated carbocycles. The van der Waals surface area contributed by atoms with Crippen LogP contribution in [0.15, 0.2) is 29.6 Å². The molecule has 0 saturated heterocycles. The predicted molar refractivity (Wildman–Crippen MR) is 74.4 cm³/mol. The minimum Gasteiger partial charge on any atom is -0.350 e. The van der Waals surface area contributed by atoms with Crippen LogP contribution in [0, 0.1) is 6.92 Å². The van der Waals surface area contributed by atoms with Gasteiger partial charge in [-0.1, -0.05) is 31.2 Å². The van der Waals surface area contributed by atoms with Crippen molar-refractivity contribution in [2.75, 3.05) is 0 Å². The lowest BCUT2D eigenvalue weighted by atomic mass is 10.1. The van der Waals surface area contributed by atoms with E-state index in [0.717, 1.165) is 16.3 Å². The van der Waals surface area contributed by atoms with Crippen molar-refractivity contribution in [2.24, 2.45) is 0 Å². The van der Waals surface area contributed by atoms with Gasteiger partial charge in [-0.05, 0) is 12.5 Å². The molecular formula is C14H16N2OS. The molecule has 0 atom stereocenters. The van der Waals surface area contributed by atoms with Crippen molar-refractivity contribution >= 4 is 17.2 Å². The molecule has 2 aromatic rings. The summed E-state index contributed by atoms with van der Waals surface area (Å²) in [5.41, 5.74) is 3.30. The number of rotatable bonds is 4. The van der Waals surface area contributed by atoms with Crippen LogP contribution in [0.3, 0.4) is 0 Å². The van der Waals surface area contributed by atoms with Crippen molar-refractivity contribution in [2.45, 2.75) is 26.8 Å². The third-order valence-electron chi connectivity index (χ3n) is 2.72. The molecule has 1 N–H and O–H groups in total. The van der Waals surface area contributed by atoms with E-state index in [2.05, 4.69) is 29.4 Å². The van der Waals surface area contributed by atoms with Crippen molar-refractivity contribution in [3.8, 4) is 10.6 Å². The first-order valence-electron chi connectivity index (χ1n) is 5.97. The van der Waals surface area contributed by atoms with Crippen LogP contribution in [0.2, 0.25) is 0 Å². The van der Waals surface area contributed by atoms with Gasteiger partial charge in [0.15, 0.2) is 0 Å². The van der Waals surface area contributed by atoms with E-state index in [-0.39, 0.29) is 5.91 Å². The number of aryl methyl sites for hydroxylation is 1. The molecule has 3 nitrogen and oxygen atoms in total. The van der Waals surface area contributed by atoms with Crippen molar-refractivity contribution in [3.63, 3.8) is 0 Å². The van der Waals surface area contributed by atoms with E-state index in [1.54, 1.807) is 11.3 Å². The summed E-state index contributed by atoms with van der Waals surface area (Å²) >= 11 is 1.61. The minimum absolute atomic E-state index is 0.0560. The maximum Gasteiger partial charge on any atom is 0.220 e. The highest BCUT2D eigenvalue weighted by Crippen LogP contribution is 2.26. The molecule has 18 heavy (non-hydrogen) atoms. The van der Waals surface area contributed by atoms with Gasteiger partial charge in [0, 0.05) is 17.4 Å². The van der Waals surface area contributed by atoms with Gasteiger partial charge in [-0.15, -0.1) is 11.3 Å². The molecule has 0 aliphatic heterocycles. The van der Waals surface area contributed by atoms with Crippen LogP contribution in [-0.2, 0) is 11.3 Å². The highest BCUT2D eigenvalue weighted by atomic mass is 32.1. The number of amides is 1. The summed E-state index contributed by atoms with van der Waals surface area (Å²) < 4.78 is 0. The summed E-state index contributed by atoms with van der Waals surface area (Å²) in [5, 5.41) is 5.84. The van der Waals surface area contributed by atoms with Gasteiger partial charge in [-0.2, -0.15) is 0 Å². The zero-order valence-electron chi connectivity index (χ0n) is 10.6. The molecule has 1 aromatic heterocycles. The number of thiazole rings is 1. The fourth-order valence-electron chi connectivity index (χ4n) is 1.64. The first kappa shape index (κ1) is 12.8. The second-order valence-electron chi connectivity index (χ2n) is 4.09. The molecule has 0 fully saturated rings. The summed E-state index contributed by atoms with van der Waals surface area (Å²) in [4.78, 5) is 15.7. The molecule has 2 rings (SSSR count). The monoisotopic (exact) mass is 260 g/mol. The number of carbonyl (C=O) groups excluding carboxylic acids is 1. The largest absolute Gasteiger partial charge is 0.350 e. The number of benzene rings is 1. The molecule has 0 aliphatic carbocycles. The quantitative estimate of drug-likeness (QED) is 0.917. The minimum atomic E-state index is 0.0560. The van der Waals surface area contributed by atoms with Crippen LogP contribution in [0.25, 0.3) is 10.6 Å². The zero-order valence-corrected chi connectivity index (χ0v) is 11.4. The van der Waals surface area contributed by atoms with Crippen molar-refractivity contribution < 1.29 is 4.79 Å². The van der Waals surface area contributed by atoms with E-state index in [9.17, 15) is 4.79 Å². The second-order valence-corrected chi connectivity index (χ2v) is 4.95. The molecule has 0 unspecified atom stereocenters. The van der Waals surface area contributed by atoms with E-state index in [1.807, 2.05) is 24.4 Å². The van der Waals surface area contributed by atoms with E-state index in [1.165, 1.54) is 5.56 Å². The Morgan fingerprint density at radius 3 is 2.89 bits per heavy atom. The van der Waals surface area contributed by atoms with Crippen LogP contribution < -0.4 is 5.32 Å². The van der Waals surface area contributed by atoms with Gasteiger partial charge < -0.3 is 5.32 Å². The highest BCUT2D eigenvalue weighted by molar-refractivity contribution is 7.13. The summed E-state index contributed by atoms with van der Waals surface area (Å²) in [6.45, 7) is 4.43. The normalized spacial score (nSPS) is 10.3. The average molecular weight is 260 g/mol. The Balaban J connectivity index is 2.11. The van der Waals surface area contributed by atoms with E-state index in [0.29, 0.717) is 13.0 Å². The van der Waals surface area contributed by atoms with Gasteiger partial charge in [0.1, 0.15) is 5.01 Å². The smallest absolute Gasteiger partial charge is 0.220 e. The third kappa shape index (κ3) is 2.96. The number of nitrogens with one attached hydrogen (secondary N) is 1. The maximum atomic E-state index is 11.2. The number of carbonyl (C=O) groups is 1. The highest BCUT2D eigenvalue weighted by Gasteiger charge is 2.07. The Bertz CT molecular complexity index is 548. The van der Waals surface area contributed by atoms with Gasteiger partial charge in [0.2, 0.25) is 5.91 Å². The van der Waals surface area contributed by atoms with Gasteiger partial charge in [-0.25, -0.2) is 4.98 Å². The summed E-state index contributed by atoms with van der Waals surface area (Å²) in [7, 11) is 0. The zero-order chi connectivity index (χ0) is 13.0. The van der Waals surface area contributed by atoms with Crippen molar-refractivity contribution in [1.29, 1.82) is 0 Å². The molecule has 1 amide bonds. The van der Waals surface area contributed by atoms with E-state index >= 15 is 0 Å². The summed E-state index contributed by atoms with van der Waals surface area (Å²) in [6.07, 6.45) is 0.509. The Morgan fingerprint density at radius 1 is 1.39 bits per heavy atom. The Morgan fingerprint density at radius 2 is 2.17 bits per heavy atom. The molecule has 0 radical (unpaired) electrons. The first-order chi connectivity index (χ1) is 8.70. The Labute approximate surface area is 111 Å². The lowest BCUT2D eigenvalue weighted by Crippen LogP contribution is -2.21. The molecule has 1 aromatic carbocycles. The van der Waals surface area contributed by atoms with Crippen LogP contribution in [0.4, 0.5) is 0 Å². The Hall–Kier alpha value is -1.68. The van der Waals surface area contributed by atoms with Gasteiger partial charge in [0.25, 0.3) is 0 Å². The molecular weight excluding hydrogens is 244 g/mol. The molecule has 4 heteroatoms. The van der Waals surface area contributed by atoms with Crippen LogP contribution in [0.5, 0.6) is 0 Å². The van der Waals surface area contributed by atoms with Gasteiger partial charge in [-0.3, -0.25) is 4.79 Å². The average Bonchev–Trinajstić information content (AvgIpc) is 2.85. The maximum absolute atomic E-state index is 11.2. The van der Waals surface area contributed by atoms with Crippen LogP contribution in [-0.4, -0.2) is 10.9 Å². The van der Waals surface area contributed by atoms with E-state index < -0.39 is 0 Å². The van der Waals surface area contributed by atoms with Crippen molar-refractivity contribution in [1.82, 2.24) is 10.3 Å². The fourth-order valence-corrected chi connectivity index (χ4v) is 2.55. The summed E-state index contributed by atoms with van der Waals surface area (Å²) in [5.74, 6) is 0.0560. The second kappa shape index (κ2) is 5.78. The van der Waals surface area contributed by atoms with E-state index in [4.69, 9.17) is 0 Å². The molecule has 0 aliphatic rings. The number of hydrogen-bond donors (Lipinski definition) is 1. The molecule has 0 spiro atoms. The predicted octanol–water partition coefficient (Wildman–Crippen LogP) is 3.14. The SMILES string of the molecule is CCC(=O)NCc1csc(-c2ccccc2C)n1. The van der Waals surface area contributed by atoms with Crippen LogP contribution >= 0.6 is 11.3 Å². The van der Waals surface area contributed by atoms with Gasteiger partial charge in [0.05, 0.1) is 12.2 Å². The third-order valence-corrected chi connectivity index (χ3v) is 3.64. The van der Waals surface area contributed by atoms with Crippen molar-refractivity contribution in [3.05, 3.63) is 40.9 Å². The number of aromatic nitrogens is 1. The number of nitrogens with zero attached hydrogens (tertiary/aromatic N) is 1. The summed E-state index contributed by atoms with van der Waals surface area (Å²) in [6, 6.07) is 8.19. The molecule has 94 valence electrons. The fraction of sp³-hybridized carbons (Fsp3) is 0.286. The molecule has 0 bridgehead atoms. The number of hydrogen-bond acceptors (Lipinski definition) is 3.